The molecule has 0 aliphatic carbocycles. The fraction of sp³-hybridized carbons (Fsp3) is 0.0476. The lowest BCUT2D eigenvalue weighted by Crippen LogP contribution is -2.11. The van der Waals surface area contributed by atoms with Gasteiger partial charge in [0.2, 0.25) is 5.91 Å². The minimum atomic E-state index is -0.559. The highest BCUT2D eigenvalue weighted by Gasteiger charge is 2.17. The van der Waals surface area contributed by atoms with Gasteiger partial charge in [0.1, 0.15) is 5.82 Å². The number of benzene rings is 3. The molecule has 0 fully saturated rings. The van der Waals surface area contributed by atoms with E-state index in [2.05, 4.69) is 6.07 Å². The zero-order valence-electron chi connectivity index (χ0n) is 13.7. The van der Waals surface area contributed by atoms with Crippen LogP contribution >= 0.6 is 0 Å². The molecule has 1 amide bonds. The summed E-state index contributed by atoms with van der Waals surface area (Å²) in [5, 5.41) is 10.6. The van der Waals surface area contributed by atoms with Crippen molar-refractivity contribution in [3.8, 4) is 6.07 Å². The maximum atomic E-state index is 13.9. The molecule has 3 aromatic carbocycles. The number of halogens is 1. The minimum absolute atomic E-state index is 0.352. The van der Waals surface area contributed by atoms with Gasteiger partial charge >= 0.3 is 0 Å². The van der Waals surface area contributed by atoms with Gasteiger partial charge in [0, 0.05) is 28.4 Å². The van der Waals surface area contributed by atoms with Crippen LogP contribution in [0.25, 0.3) is 21.8 Å². The normalized spacial score (nSPS) is 10.9. The number of amides is 1. The van der Waals surface area contributed by atoms with Crippen LogP contribution in [0.4, 0.5) is 4.39 Å². The lowest BCUT2D eigenvalue weighted by atomic mass is 10.1. The largest absolute Gasteiger partial charge is 0.366 e. The van der Waals surface area contributed by atoms with Gasteiger partial charge in [-0.2, -0.15) is 5.26 Å². The number of nitrogens with two attached hydrogens (primary N) is 1. The lowest BCUT2D eigenvalue weighted by molar-refractivity contribution is 0.100. The van der Waals surface area contributed by atoms with Gasteiger partial charge in [0.25, 0.3) is 0 Å². The molecule has 0 aliphatic rings. The molecule has 0 spiro atoms. The summed E-state index contributed by atoms with van der Waals surface area (Å²) < 4.78 is 15.9. The molecular formula is C21H14FN3O. The van der Waals surface area contributed by atoms with E-state index in [1.54, 1.807) is 24.3 Å². The Morgan fingerprint density at radius 3 is 2.65 bits per heavy atom. The van der Waals surface area contributed by atoms with E-state index < -0.39 is 5.91 Å². The summed E-state index contributed by atoms with van der Waals surface area (Å²) in [4.78, 5) is 11.9. The molecule has 0 atom stereocenters. The van der Waals surface area contributed by atoms with Crippen molar-refractivity contribution in [1.82, 2.24) is 4.57 Å². The molecule has 0 bridgehead atoms. The second-order valence-corrected chi connectivity index (χ2v) is 6.08. The predicted octanol–water partition coefficient (Wildman–Crippen LogP) is 3.95. The minimum Gasteiger partial charge on any atom is -0.366 e. The summed E-state index contributed by atoms with van der Waals surface area (Å²) in [6.45, 7) is 0.428. The van der Waals surface area contributed by atoms with E-state index in [-0.39, 0.29) is 5.82 Å². The van der Waals surface area contributed by atoms with Crippen molar-refractivity contribution in [2.24, 2.45) is 5.73 Å². The Kier molecular flexibility index (Phi) is 3.67. The number of carbonyl (C=O) groups excluding carboxylic acids is 1. The summed E-state index contributed by atoms with van der Waals surface area (Å²) in [6, 6.07) is 19.3. The first kappa shape index (κ1) is 15.9. The molecule has 0 saturated carbocycles. The Morgan fingerprint density at radius 1 is 1.08 bits per heavy atom. The highest BCUT2D eigenvalue weighted by atomic mass is 19.1. The van der Waals surface area contributed by atoms with Crippen molar-refractivity contribution >= 4 is 27.7 Å². The highest BCUT2D eigenvalue weighted by Crippen LogP contribution is 2.33. The molecule has 4 aromatic rings. The number of fused-ring (bicyclic) bond motifs is 3. The number of aromatic nitrogens is 1. The van der Waals surface area contributed by atoms with Gasteiger partial charge in [-0.1, -0.05) is 24.3 Å². The Balaban J connectivity index is 2.07. The van der Waals surface area contributed by atoms with Gasteiger partial charge in [0.15, 0.2) is 0 Å². The fourth-order valence-corrected chi connectivity index (χ4v) is 3.44. The van der Waals surface area contributed by atoms with Crippen molar-refractivity contribution < 1.29 is 9.18 Å². The van der Waals surface area contributed by atoms with Crippen molar-refractivity contribution in [3.05, 3.63) is 83.2 Å². The van der Waals surface area contributed by atoms with Crippen LogP contribution in [-0.2, 0) is 6.54 Å². The van der Waals surface area contributed by atoms with Crippen molar-refractivity contribution in [3.63, 3.8) is 0 Å². The van der Waals surface area contributed by atoms with Crippen LogP contribution in [0, 0.1) is 17.1 Å². The molecule has 126 valence electrons. The van der Waals surface area contributed by atoms with Crippen LogP contribution in [0.3, 0.4) is 0 Å². The maximum Gasteiger partial charge on any atom is 0.249 e. The van der Waals surface area contributed by atoms with Crippen LogP contribution in [0.2, 0.25) is 0 Å². The maximum absolute atomic E-state index is 13.9. The van der Waals surface area contributed by atoms with E-state index in [1.807, 2.05) is 28.8 Å². The summed E-state index contributed by atoms with van der Waals surface area (Å²) in [7, 11) is 0. The smallest absolute Gasteiger partial charge is 0.249 e. The summed E-state index contributed by atoms with van der Waals surface area (Å²) in [6.07, 6.45) is 0. The van der Waals surface area contributed by atoms with Gasteiger partial charge in [-0.05, 0) is 42.0 Å². The van der Waals surface area contributed by atoms with Crippen LogP contribution in [0.1, 0.15) is 21.5 Å². The monoisotopic (exact) mass is 343 g/mol. The number of hydrogen-bond acceptors (Lipinski definition) is 2. The summed E-state index contributed by atoms with van der Waals surface area (Å²) in [5.41, 5.74) is 8.87. The van der Waals surface area contributed by atoms with E-state index in [9.17, 15) is 14.4 Å². The van der Waals surface area contributed by atoms with Crippen LogP contribution in [-0.4, -0.2) is 10.5 Å². The van der Waals surface area contributed by atoms with E-state index in [0.717, 1.165) is 16.6 Å². The second kappa shape index (κ2) is 6.01. The average Bonchev–Trinajstić information content (AvgIpc) is 2.95. The standard InChI is InChI=1S/C21H14FN3O/c22-15-8-9-18-17(10-15)20-16(21(24)26)6-3-7-19(20)25(18)12-14-5-2-1-4-13(14)11-23/h1-10H,12H2,(H2,24,26). The number of nitrogens with zero attached hydrogens (tertiary/aromatic N) is 2. The number of hydrogen-bond donors (Lipinski definition) is 1. The Morgan fingerprint density at radius 2 is 1.88 bits per heavy atom. The predicted molar refractivity (Wildman–Crippen MR) is 98.2 cm³/mol. The highest BCUT2D eigenvalue weighted by molar-refractivity contribution is 6.17. The van der Waals surface area contributed by atoms with Crippen LogP contribution in [0.5, 0.6) is 0 Å². The van der Waals surface area contributed by atoms with Gasteiger partial charge < -0.3 is 10.3 Å². The van der Waals surface area contributed by atoms with Crippen molar-refractivity contribution in [2.75, 3.05) is 0 Å². The molecule has 4 nitrogen and oxygen atoms in total. The third-order valence-corrected chi connectivity index (χ3v) is 4.58. The Labute approximate surface area is 148 Å². The molecule has 1 heterocycles. The summed E-state index contributed by atoms with van der Waals surface area (Å²) >= 11 is 0. The second-order valence-electron chi connectivity index (χ2n) is 6.08. The third kappa shape index (κ3) is 2.40. The first-order valence-corrected chi connectivity index (χ1v) is 8.08. The van der Waals surface area contributed by atoms with Gasteiger partial charge in [-0.15, -0.1) is 0 Å². The Bertz CT molecular complexity index is 1220. The molecule has 5 heteroatoms. The molecule has 0 saturated heterocycles. The average molecular weight is 343 g/mol. The van der Waals surface area contributed by atoms with Gasteiger partial charge in [-0.25, -0.2) is 4.39 Å². The zero-order valence-corrected chi connectivity index (χ0v) is 13.7. The van der Waals surface area contributed by atoms with Gasteiger partial charge in [-0.3, -0.25) is 4.79 Å². The first-order chi connectivity index (χ1) is 12.6. The van der Waals surface area contributed by atoms with Crippen LogP contribution < -0.4 is 5.73 Å². The summed E-state index contributed by atoms with van der Waals surface area (Å²) in [5.74, 6) is -0.940. The van der Waals surface area contributed by atoms with Crippen LogP contribution in [0.15, 0.2) is 60.7 Å². The molecule has 0 aliphatic heterocycles. The van der Waals surface area contributed by atoms with Gasteiger partial charge in [0.05, 0.1) is 17.1 Å². The first-order valence-electron chi connectivity index (χ1n) is 8.08. The van der Waals surface area contributed by atoms with Crippen molar-refractivity contribution in [1.29, 1.82) is 5.26 Å². The molecular weight excluding hydrogens is 329 g/mol. The Hall–Kier alpha value is -3.65. The SMILES string of the molecule is N#Cc1ccccc1Cn1c2ccc(F)cc2c2c(C(N)=O)cccc21. The molecule has 0 radical (unpaired) electrons. The van der Waals surface area contributed by atoms with Crippen molar-refractivity contribution in [2.45, 2.75) is 6.54 Å². The quantitative estimate of drug-likeness (QED) is 0.612. The molecule has 0 unspecified atom stereocenters. The lowest BCUT2D eigenvalue weighted by Gasteiger charge is -2.09. The van der Waals surface area contributed by atoms with E-state index >= 15 is 0 Å². The van der Waals surface area contributed by atoms with E-state index in [0.29, 0.717) is 28.4 Å². The van der Waals surface area contributed by atoms with E-state index in [1.165, 1.54) is 12.1 Å². The van der Waals surface area contributed by atoms with E-state index in [4.69, 9.17) is 5.73 Å². The molecule has 1 aromatic heterocycles. The number of nitriles is 1. The number of primary amides is 1. The fourth-order valence-electron chi connectivity index (χ4n) is 3.44. The topological polar surface area (TPSA) is 71.8 Å². The number of carbonyl (C=O) groups is 1. The molecule has 2 N–H and O–H groups in total. The molecule has 4 rings (SSSR count). The molecule has 26 heavy (non-hydrogen) atoms. The number of rotatable bonds is 3. The third-order valence-electron chi connectivity index (χ3n) is 4.58. The zero-order chi connectivity index (χ0) is 18.3.